The third-order valence-electron chi connectivity index (χ3n) is 5.24. The van der Waals surface area contributed by atoms with Gasteiger partial charge in [-0.05, 0) is 49.1 Å². The number of nitrogens with zero attached hydrogens (tertiary/aromatic N) is 4. The molecule has 32 heavy (non-hydrogen) atoms. The Morgan fingerprint density at radius 1 is 1.16 bits per heavy atom. The number of amides is 1. The van der Waals surface area contributed by atoms with E-state index in [0.717, 1.165) is 44.7 Å². The predicted octanol–water partition coefficient (Wildman–Crippen LogP) is 4.82. The van der Waals surface area contributed by atoms with E-state index in [4.69, 9.17) is 28.2 Å². The van der Waals surface area contributed by atoms with Crippen molar-refractivity contribution < 1.29 is 4.79 Å². The topological polar surface area (TPSA) is 82.5 Å². The zero-order valence-corrected chi connectivity index (χ0v) is 19.8. The van der Waals surface area contributed by atoms with Crippen molar-refractivity contribution in [3.8, 4) is 0 Å². The van der Waals surface area contributed by atoms with Gasteiger partial charge in [0, 0.05) is 35.7 Å². The molecule has 0 radical (unpaired) electrons. The molecule has 0 atom stereocenters. The lowest BCUT2D eigenvalue weighted by Crippen LogP contribution is -2.42. The van der Waals surface area contributed by atoms with E-state index in [1.165, 1.54) is 11.3 Å². The molecule has 2 aromatic rings. The molecule has 0 bridgehead atoms. The van der Waals surface area contributed by atoms with Gasteiger partial charge in [0.05, 0.1) is 6.42 Å². The number of carbonyl (C=O) groups excluding carboxylic acids is 1. The lowest BCUT2D eigenvalue weighted by Gasteiger charge is -2.33. The molecule has 0 saturated carbocycles. The molecule has 7 nitrogen and oxygen atoms in total. The summed E-state index contributed by atoms with van der Waals surface area (Å²) < 4.78 is 0. The molecule has 10 heteroatoms. The lowest BCUT2D eigenvalue weighted by molar-refractivity contribution is -0.115. The number of piperidine rings is 1. The number of rotatable bonds is 5. The molecule has 1 aromatic carbocycles. The molecule has 0 aliphatic carbocycles. The first kappa shape index (κ1) is 22.8. The first-order valence-electron chi connectivity index (χ1n) is 10.5. The monoisotopic (exact) mass is 490 g/mol. The number of hydrogen-bond donors (Lipinski definition) is 2. The first-order valence-corrected chi connectivity index (χ1v) is 12.1. The van der Waals surface area contributed by atoms with Crippen LogP contribution in [0.25, 0.3) is 0 Å². The second kappa shape index (κ2) is 10.9. The van der Waals surface area contributed by atoms with Crippen molar-refractivity contribution >= 4 is 56.5 Å². The van der Waals surface area contributed by atoms with E-state index in [0.29, 0.717) is 31.9 Å². The Kier molecular flexibility index (Phi) is 7.78. The Morgan fingerprint density at radius 3 is 2.81 bits per heavy atom. The van der Waals surface area contributed by atoms with Gasteiger partial charge in [-0.2, -0.15) is 0 Å². The van der Waals surface area contributed by atoms with Crippen molar-refractivity contribution in [2.75, 3.05) is 30.3 Å². The molecule has 2 N–H and O–H groups in total. The number of hydrogen-bond acceptors (Lipinski definition) is 7. The second-order valence-electron chi connectivity index (χ2n) is 7.59. The van der Waals surface area contributed by atoms with Crippen molar-refractivity contribution in [2.24, 2.45) is 4.99 Å². The molecule has 1 aromatic heterocycles. The van der Waals surface area contributed by atoms with Crippen molar-refractivity contribution in [1.82, 2.24) is 15.1 Å². The number of aromatic nitrogens is 2. The molecule has 3 heterocycles. The largest absolute Gasteiger partial charge is 0.357 e. The highest BCUT2D eigenvalue weighted by Gasteiger charge is 2.22. The minimum atomic E-state index is -0.215. The number of aliphatic imine (C=N–C) groups is 1. The normalized spacial score (nSPS) is 20.6. The first-order chi connectivity index (χ1) is 15.6. The van der Waals surface area contributed by atoms with Crippen LogP contribution in [0, 0.1) is 0 Å². The maximum Gasteiger partial charge on any atom is 0.230 e. The molecule has 1 saturated heterocycles. The summed E-state index contributed by atoms with van der Waals surface area (Å²) in [5, 5.41) is 16.7. The molecule has 168 valence electrons. The average Bonchev–Trinajstić information content (AvgIpc) is 3.18. The summed E-state index contributed by atoms with van der Waals surface area (Å²) in [6.45, 7) is 2.71. The van der Waals surface area contributed by atoms with E-state index in [-0.39, 0.29) is 12.3 Å². The summed E-state index contributed by atoms with van der Waals surface area (Å²) >= 11 is 13.5. The number of benzene rings is 1. The van der Waals surface area contributed by atoms with Gasteiger partial charge in [-0.1, -0.05) is 52.8 Å². The minimum absolute atomic E-state index is 0.119. The highest BCUT2D eigenvalue weighted by atomic mass is 35.5. The van der Waals surface area contributed by atoms with Crippen LogP contribution >= 0.6 is 34.5 Å². The molecule has 0 unspecified atom stereocenters. The maximum absolute atomic E-state index is 12.4. The molecule has 2 aliphatic rings. The minimum Gasteiger partial charge on any atom is -0.357 e. The average molecular weight is 491 g/mol. The number of likely N-dealkylation sites (tertiary alicyclic amines) is 1. The number of amidine groups is 1. The standard InChI is InChI=1S/C22H24Cl2N6OS/c23-16-6-7-18(24)15(13-16)14-20(31)27-22-29-28-21(32-22)26-17-8-11-30(12-9-17)19-5-3-1-2-4-10-25-19/h1-3,5-7,13,17H,4,8-12,14H2,(H,26,28)(H,27,29,31)/b2-1+,5-3-,25-19+. The van der Waals surface area contributed by atoms with Gasteiger partial charge in [0.1, 0.15) is 5.84 Å². The lowest BCUT2D eigenvalue weighted by atomic mass is 10.1. The molecule has 2 aliphatic heterocycles. The van der Waals surface area contributed by atoms with Gasteiger partial charge in [-0.15, -0.1) is 10.2 Å². The fourth-order valence-corrected chi connectivity index (χ4v) is 4.72. The summed E-state index contributed by atoms with van der Waals surface area (Å²) in [6.07, 6.45) is 11.4. The van der Waals surface area contributed by atoms with Crippen LogP contribution in [-0.4, -0.2) is 52.5 Å². The molecule has 4 rings (SSSR count). The summed E-state index contributed by atoms with van der Waals surface area (Å²) in [5.74, 6) is 0.849. The predicted molar refractivity (Wildman–Crippen MR) is 132 cm³/mol. The fraction of sp³-hybridized carbons (Fsp3) is 0.364. The molecule has 0 spiro atoms. The van der Waals surface area contributed by atoms with Crippen molar-refractivity contribution in [3.63, 3.8) is 0 Å². The van der Waals surface area contributed by atoms with Crippen LogP contribution in [-0.2, 0) is 11.2 Å². The van der Waals surface area contributed by atoms with E-state index in [9.17, 15) is 4.79 Å². The third-order valence-corrected chi connectivity index (χ3v) is 6.61. The smallest absolute Gasteiger partial charge is 0.230 e. The van der Waals surface area contributed by atoms with Crippen molar-refractivity contribution in [2.45, 2.75) is 31.7 Å². The van der Waals surface area contributed by atoms with E-state index in [1.54, 1.807) is 18.2 Å². The van der Waals surface area contributed by atoms with E-state index in [2.05, 4.69) is 50.0 Å². The van der Waals surface area contributed by atoms with Crippen LogP contribution in [0.5, 0.6) is 0 Å². The SMILES string of the molecule is O=C(Cc1cc(Cl)ccc1Cl)Nc1nnc(NC2CCN(C3=N/CC/C=C/C=C\3)CC2)s1. The Bertz CT molecular complexity index is 1040. The number of anilines is 2. The van der Waals surface area contributed by atoms with Crippen molar-refractivity contribution in [1.29, 1.82) is 0 Å². The molecule has 1 amide bonds. The Balaban J connectivity index is 1.26. The second-order valence-corrected chi connectivity index (χ2v) is 9.42. The summed E-state index contributed by atoms with van der Waals surface area (Å²) in [5.41, 5.74) is 0.672. The van der Waals surface area contributed by atoms with E-state index >= 15 is 0 Å². The van der Waals surface area contributed by atoms with Gasteiger partial charge >= 0.3 is 0 Å². The summed E-state index contributed by atoms with van der Waals surface area (Å²) in [7, 11) is 0. The highest BCUT2D eigenvalue weighted by molar-refractivity contribution is 7.19. The molecule has 1 fully saturated rings. The van der Waals surface area contributed by atoms with Gasteiger partial charge in [0.25, 0.3) is 0 Å². The Labute approximate surface area is 201 Å². The number of nitrogens with one attached hydrogen (secondary N) is 2. The maximum atomic E-state index is 12.4. The van der Waals surface area contributed by atoms with Crippen molar-refractivity contribution in [3.05, 3.63) is 58.1 Å². The molecular weight excluding hydrogens is 467 g/mol. The van der Waals surface area contributed by atoms with Crippen LogP contribution < -0.4 is 10.6 Å². The van der Waals surface area contributed by atoms with Crippen LogP contribution in [0.1, 0.15) is 24.8 Å². The molecular formula is C22H24Cl2N6OS. The zero-order chi connectivity index (χ0) is 22.3. The van der Waals surface area contributed by atoms with Gasteiger partial charge in [0.15, 0.2) is 0 Å². The summed E-state index contributed by atoms with van der Waals surface area (Å²) in [4.78, 5) is 19.4. The number of carbonyl (C=O) groups is 1. The van der Waals surface area contributed by atoms with E-state index < -0.39 is 0 Å². The van der Waals surface area contributed by atoms with Crippen LogP contribution in [0.3, 0.4) is 0 Å². The number of halogens is 2. The summed E-state index contributed by atoms with van der Waals surface area (Å²) in [6, 6.07) is 5.38. The van der Waals surface area contributed by atoms with Crippen LogP contribution in [0.2, 0.25) is 10.0 Å². The number of allylic oxidation sites excluding steroid dienone is 2. The van der Waals surface area contributed by atoms with Gasteiger partial charge in [-0.3, -0.25) is 9.79 Å². The van der Waals surface area contributed by atoms with E-state index in [1.807, 2.05) is 0 Å². The van der Waals surface area contributed by atoms with Crippen LogP contribution in [0.15, 0.2) is 47.5 Å². The Morgan fingerprint density at radius 2 is 1.97 bits per heavy atom. The van der Waals surface area contributed by atoms with Gasteiger partial charge in [-0.25, -0.2) is 0 Å². The van der Waals surface area contributed by atoms with Gasteiger partial charge in [0.2, 0.25) is 16.2 Å². The zero-order valence-electron chi connectivity index (χ0n) is 17.4. The van der Waals surface area contributed by atoms with Crippen LogP contribution in [0.4, 0.5) is 10.3 Å². The Hall–Kier alpha value is -2.42. The fourth-order valence-electron chi connectivity index (χ4n) is 3.60. The third kappa shape index (κ3) is 6.31. The quantitative estimate of drug-likeness (QED) is 0.627. The van der Waals surface area contributed by atoms with Gasteiger partial charge < -0.3 is 15.5 Å². The highest BCUT2D eigenvalue weighted by Crippen LogP contribution is 2.25.